The lowest BCUT2D eigenvalue weighted by molar-refractivity contribution is -0.122. The van der Waals surface area contributed by atoms with Crippen LogP contribution in [0.2, 0.25) is 10.0 Å². The van der Waals surface area contributed by atoms with Gasteiger partial charge in [0, 0.05) is 0 Å². The largest absolute Gasteiger partial charge is 0.493 e. The second-order valence-corrected chi connectivity index (χ2v) is 8.76. The van der Waals surface area contributed by atoms with Gasteiger partial charge in [-0.1, -0.05) is 35.3 Å². The van der Waals surface area contributed by atoms with E-state index < -0.39 is 0 Å². The number of benzene rings is 2. The Balaban J connectivity index is 1.64. The molecule has 0 bridgehead atoms. The summed E-state index contributed by atoms with van der Waals surface area (Å²) >= 11 is 13.6. The number of methoxy groups -OCH3 is 2. The van der Waals surface area contributed by atoms with Gasteiger partial charge in [0.15, 0.2) is 16.7 Å². The molecule has 3 aromatic rings. The lowest BCUT2D eigenvalue weighted by Crippen LogP contribution is -2.28. The van der Waals surface area contributed by atoms with Crippen molar-refractivity contribution in [2.75, 3.05) is 14.2 Å². The first kappa shape index (κ1) is 23.9. The van der Waals surface area contributed by atoms with Crippen LogP contribution < -0.4 is 9.47 Å². The summed E-state index contributed by atoms with van der Waals surface area (Å²) in [6.45, 7) is 0.212. The maximum Gasteiger partial charge on any atom is 0.267 e. The maximum absolute atomic E-state index is 13.2. The van der Waals surface area contributed by atoms with Crippen molar-refractivity contribution in [3.8, 4) is 11.5 Å². The Kier molecular flexibility index (Phi) is 7.62. The number of hydrogen-bond acceptors (Lipinski definition) is 7. The van der Waals surface area contributed by atoms with E-state index in [2.05, 4.69) is 10.2 Å². The fourth-order valence-electron chi connectivity index (χ4n) is 3.13. The summed E-state index contributed by atoms with van der Waals surface area (Å²) in [5.74, 6) is 1.57. The molecule has 174 valence electrons. The SMILES string of the molecule is COc1ccc(/C=N/N=C2\S/C(=C\c3cccc(Cl)c3Cl)C(=O)N2Cc2ccco2)cc1OC. The quantitative estimate of drug-likeness (QED) is 0.215. The minimum Gasteiger partial charge on any atom is -0.493 e. The molecule has 0 radical (unpaired) electrons. The van der Waals surface area contributed by atoms with Gasteiger partial charge in [0.05, 0.1) is 48.2 Å². The number of ether oxygens (including phenoxy) is 2. The van der Waals surface area contributed by atoms with Gasteiger partial charge in [-0.3, -0.25) is 9.69 Å². The van der Waals surface area contributed by atoms with Gasteiger partial charge in [-0.05, 0) is 65.4 Å². The summed E-state index contributed by atoms with van der Waals surface area (Å²) in [6.07, 6.45) is 4.81. The smallest absolute Gasteiger partial charge is 0.267 e. The van der Waals surface area contributed by atoms with Gasteiger partial charge in [0.2, 0.25) is 0 Å². The first-order chi connectivity index (χ1) is 16.5. The molecule has 0 aliphatic carbocycles. The fourth-order valence-corrected chi connectivity index (χ4v) is 4.42. The van der Waals surface area contributed by atoms with Crippen LogP contribution >= 0.6 is 35.0 Å². The Labute approximate surface area is 210 Å². The Morgan fingerprint density at radius 2 is 1.91 bits per heavy atom. The van der Waals surface area contributed by atoms with Crippen molar-refractivity contribution in [2.24, 2.45) is 10.2 Å². The van der Waals surface area contributed by atoms with Gasteiger partial charge in [-0.25, -0.2) is 0 Å². The molecule has 7 nitrogen and oxygen atoms in total. The molecule has 2 aromatic carbocycles. The third-order valence-electron chi connectivity index (χ3n) is 4.81. The zero-order valence-corrected chi connectivity index (χ0v) is 20.5. The van der Waals surface area contributed by atoms with Crippen LogP contribution in [0.1, 0.15) is 16.9 Å². The third-order valence-corrected chi connectivity index (χ3v) is 6.64. The van der Waals surface area contributed by atoms with Crippen molar-refractivity contribution in [1.82, 2.24) is 4.90 Å². The molecule has 34 heavy (non-hydrogen) atoms. The minimum atomic E-state index is -0.238. The van der Waals surface area contributed by atoms with E-state index in [9.17, 15) is 4.79 Å². The predicted molar refractivity (Wildman–Crippen MR) is 136 cm³/mol. The Morgan fingerprint density at radius 1 is 1.09 bits per heavy atom. The number of carbonyl (C=O) groups excluding carboxylic acids is 1. The molecule has 0 N–H and O–H groups in total. The number of hydrogen-bond donors (Lipinski definition) is 0. The molecule has 1 saturated heterocycles. The normalized spacial score (nSPS) is 16.2. The van der Waals surface area contributed by atoms with E-state index >= 15 is 0 Å². The van der Waals surface area contributed by atoms with Crippen LogP contribution in [0, 0.1) is 0 Å². The summed E-state index contributed by atoms with van der Waals surface area (Å²) in [5.41, 5.74) is 1.40. The number of nitrogens with zero attached hydrogens (tertiary/aromatic N) is 3. The van der Waals surface area contributed by atoms with Crippen LogP contribution in [0.3, 0.4) is 0 Å². The Bertz CT molecular complexity index is 1290. The molecule has 1 amide bonds. The standard InChI is InChI=1S/C24H19Cl2N3O4S/c1-31-19-9-8-15(11-20(19)32-2)13-27-28-24-29(14-17-6-4-10-33-17)23(30)21(34-24)12-16-5-3-7-18(25)22(16)26/h3-13H,14H2,1-2H3/b21-12-,27-13+,28-24-. The van der Waals surface area contributed by atoms with Crippen molar-refractivity contribution in [3.05, 3.63) is 86.6 Å². The minimum absolute atomic E-state index is 0.212. The lowest BCUT2D eigenvalue weighted by atomic mass is 10.2. The highest BCUT2D eigenvalue weighted by atomic mass is 35.5. The molecule has 10 heteroatoms. The maximum atomic E-state index is 13.2. The van der Waals surface area contributed by atoms with Gasteiger partial charge in [0.25, 0.3) is 5.91 Å². The van der Waals surface area contributed by atoms with Gasteiger partial charge >= 0.3 is 0 Å². The molecule has 0 atom stereocenters. The molecule has 1 aliphatic heterocycles. The van der Waals surface area contributed by atoms with E-state index in [0.717, 1.165) is 5.56 Å². The number of furan rings is 1. The monoisotopic (exact) mass is 515 g/mol. The molecule has 4 rings (SSSR count). The van der Waals surface area contributed by atoms with Gasteiger partial charge in [-0.2, -0.15) is 5.10 Å². The summed E-state index contributed by atoms with van der Waals surface area (Å²) in [7, 11) is 3.13. The fraction of sp³-hybridized carbons (Fsp3) is 0.125. The second-order valence-electron chi connectivity index (χ2n) is 6.97. The number of halogens is 2. The van der Waals surface area contributed by atoms with Crippen LogP contribution in [0.5, 0.6) is 11.5 Å². The van der Waals surface area contributed by atoms with Crippen LogP contribution in [0.25, 0.3) is 6.08 Å². The molecule has 1 aliphatic rings. The molecule has 0 spiro atoms. The zero-order valence-electron chi connectivity index (χ0n) is 18.2. The first-order valence-electron chi connectivity index (χ1n) is 10.0. The number of rotatable bonds is 7. The molecule has 0 unspecified atom stereocenters. The van der Waals surface area contributed by atoms with Gasteiger partial charge < -0.3 is 13.9 Å². The van der Waals surface area contributed by atoms with E-state index in [1.807, 2.05) is 6.07 Å². The molecule has 0 saturated carbocycles. The average Bonchev–Trinajstić information content (AvgIpc) is 3.46. The van der Waals surface area contributed by atoms with Crippen LogP contribution in [0.4, 0.5) is 0 Å². The topological polar surface area (TPSA) is 76.6 Å². The van der Waals surface area contributed by atoms with Crippen molar-refractivity contribution >= 4 is 58.3 Å². The first-order valence-corrected chi connectivity index (χ1v) is 11.6. The average molecular weight is 516 g/mol. The number of amides is 1. The summed E-state index contributed by atoms with van der Waals surface area (Å²) < 4.78 is 16.0. The predicted octanol–water partition coefficient (Wildman–Crippen LogP) is 6.11. The third kappa shape index (κ3) is 5.30. The van der Waals surface area contributed by atoms with Crippen molar-refractivity contribution in [3.63, 3.8) is 0 Å². The van der Waals surface area contributed by atoms with E-state index in [1.54, 1.807) is 75.2 Å². The molecular weight excluding hydrogens is 497 g/mol. The highest BCUT2D eigenvalue weighted by Gasteiger charge is 2.34. The van der Waals surface area contributed by atoms with E-state index in [1.165, 1.54) is 16.7 Å². The van der Waals surface area contributed by atoms with E-state index in [0.29, 0.717) is 42.9 Å². The molecule has 2 heterocycles. The van der Waals surface area contributed by atoms with Crippen molar-refractivity contribution in [1.29, 1.82) is 0 Å². The second kappa shape index (κ2) is 10.8. The summed E-state index contributed by atoms with van der Waals surface area (Å²) in [4.78, 5) is 15.1. The van der Waals surface area contributed by atoms with Crippen molar-refractivity contribution < 1.29 is 18.7 Å². The van der Waals surface area contributed by atoms with Crippen LogP contribution in [-0.4, -0.2) is 36.4 Å². The molecule has 1 aromatic heterocycles. The highest BCUT2D eigenvalue weighted by Crippen LogP contribution is 2.36. The summed E-state index contributed by atoms with van der Waals surface area (Å²) in [6, 6.07) is 14.2. The number of amidine groups is 1. The molecule has 1 fully saturated rings. The van der Waals surface area contributed by atoms with Gasteiger partial charge in [-0.15, -0.1) is 5.10 Å². The van der Waals surface area contributed by atoms with Gasteiger partial charge in [0.1, 0.15) is 5.76 Å². The lowest BCUT2D eigenvalue weighted by Gasteiger charge is -2.12. The van der Waals surface area contributed by atoms with Crippen LogP contribution in [0.15, 0.2) is 74.3 Å². The Morgan fingerprint density at radius 3 is 2.65 bits per heavy atom. The van der Waals surface area contributed by atoms with E-state index in [-0.39, 0.29) is 12.5 Å². The molecular formula is C24H19Cl2N3O4S. The number of thioether (sulfide) groups is 1. The van der Waals surface area contributed by atoms with Crippen LogP contribution in [-0.2, 0) is 11.3 Å². The number of carbonyl (C=O) groups is 1. The van der Waals surface area contributed by atoms with E-state index in [4.69, 9.17) is 37.1 Å². The highest BCUT2D eigenvalue weighted by molar-refractivity contribution is 8.18. The van der Waals surface area contributed by atoms with Crippen molar-refractivity contribution in [2.45, 2.75) is 6.54 Å². The zero-order chi connectivity index (χ0) is 24.1. The Hall–Kier alpha value is -3.20. The summed E-state index contributed by atoms with van der Waals surface area (Å²) in [5, 5.41) is 9.68.